The summed E-state index contributed by atoms with van der Waals surface area (Å²) in [6.07, 6.45) is 6.98. The van der Waals surface area contributed by atoms with Crippen molar-refractivity contribution < 1.29 is 22.6 Å². The minimum absolute atomic E-state index is 0.00127. The van der Waals surface area contributed by atoms with Gasteiger partial charge in [0.15, 0.2) is 17.5 Å². The Bertz CT molecular complexity index is 1720. The zero-order chi connectivity index (χ0) is 26.0. The van der Waals surface area contributed by atoms with Crippen LogP contribution in [0, 0.1) is 29.8 Å². The van der Waals surface area contributed by atoms with Crippen LogP contribution in [0.3, 0.4) is 0 Å². The van der Waals surface area contributed by atoms with Crippen LogP contribution in [0.4, 0.5) is 24.7 Å². The molecule has 37 heavy (non-hydrogen) atoms. The maximum absolute atomic E-state index is 16.2. The molecule has 1 aliphatic carbocycles. The number of hydrogen-bond donors (Lipinski definition) is 2. The van der Waals surface area contributed by atoms with Crippen molar-refractivity contribution in [3.8, 4) is 29.5 Å². The molecular weight excluding hydrogens is 487 g/mol. The molecule has 4 aromatic rings. The lowest BCUT2D eigenvalue weighted by molar-refractivity contribution is 0.124. The fourth-order valence-electron chi connectivity index (χ4n) is 5.08. The number of H-pyrrole nitrogens is 1. The lowest BCUT2D eigenvalue weighted by Crippen LogP contribution is -2.31. The highest BCUT2D eigenvalue weighted by atomic mass is 19.2. The van der Waals surface area contributed by atoms with Crippen LogP contribution in [0.2, 0.25) is 0 Å². The summed E-state index contributed by atoms with van der Waals surface area (Å²) in [6, 6.07) is 3.69. The van der Waals surface area contributed by atoms with Gasteiger partial charge in [0.05, 0.1) is 30.3 Å². The summed E-state index contributed by atoms with van der Waals surface area (Å²) in [7, 11) is 1.35. The molecule has 3 heterocycles. The van der Waals surface area contributed by atoms with Gasteiger partial charge in [0.1, 0.15) is 16.9 Å². The maximum atomic E-state index is 16.2. The van der Waals surface area contributed by atoms with Crippen molar-refractivity contribution in [3.05, 3.63) is 51.7 Å². The second-order valence-corrected chi connectivity index (χ2v) is 9.02. The number of aromatic nitrogens is 3. The van der Waals surface area contributed by atoms with Gasteiger partial charge in [-0.3, -0.25) is 0 Å². The molecule has 0 bridgehead atoms. The Hall–Kier alpha value is -4.30. The van der Waals surface area contributed by atoms with Crippen molar-refractivity contribution in [1.82, 2.24) is 15.0 Å². The fraction of sp³-hybridized carbons (Fsp3) is 0.269. The van der Waals surface area contributed by atoms with E-state index < -0.39 is 28.7 Å². The number of benzene rings is 2. The highest BCUT2D eigenvalue weighted by Gasteiger charge is 2.46. The number of rotatable bonds is 3. The van der Waals surface area contributed by atoms with E-state index >= 15 is 4.39 Å². The van der Waals surface area contributed by atoms with Crippen LogP contribution in [0.25, 0.3) is 32.9 Å². The first-order valence-corrected chi connectivity index (χ1v) is 11.6. The molecule has 0 amide bonds. The average Bonchev–Trinajstić information content (AvgIpc) is 3.65. The average molecular weight is 507 g/mol. The number of ether oxygens (including phenoxy) is 2. The highest BCUT2D eigenvalue weighted by molar-refractivity contribution is 6.04. The number of nitrogen functional groups attached to an aromatic ring is 1. The predicted molar refractivity (Wildman–Crippen MR) is 132 cm³/mol. The summed E-state index contributed by atoms with van der Waals surface area (Å²) < 4.78 is 56.4. The molecule has 1 aliphatic heterocycles. The van der Waals surface area contributed by atoms with Gasteiger partial charge in [-0.1, -0.05) is 5.92 Å². The Kier molecular flexibility index (Phi) is 5.24. The normalized spacial score (nSPS) is 18.9. The second kappa shape index (κ2) is 8.38. The minimum atomic E-state index is -1.25. The standard InChI is InChI=1S/C26H20F3N5O3/c1-3-13-18-11(8-15(27)20(13)28)7-12(30)9-14(18)22-21(29)23-19(25(31-22)36-2)24(33-26(35)32-23)34-5-4-6-37-17-10-16(17)34/h1,7-9,16-17H,4-6,10,30H2,2H3,(H,32,33,35)/t16-,17+/m1/s1. The molecule has 188 valence electrons. The van der Waals surface area contributed by atoms with E-state index in [0.717, 1.165) is 12.5 Å². The van der Waals surface area contributed by atoms with Crippen LogP contribution in [0.15, 0.2) is 23.0 Å². The van der Waals surface area contributed by atoms with Crippen LogP contribution in [-0.4, -0.2) is 47.4 Å². The van der Waals surface area contributed by atoms with E-state index in [1.165, 1.54) is 19.2 Å². The lowest BCUT2D eigenvalue weighted by atomic mass is 9.95. The summed E-state index contributed by atoms with van der Waals surface area (Å²) >= 11 is 0. The van der Waals surface area contributed by atoms with Gasteiger partial charge in [0, 0.05) is 29.8 Å². The van der Waals surface area contributed by atoms with Crippen LogP contribution in [0.1, 0.15) is 18.4 Å². The molecule has 0 spiro atoms. The molecule has 3 N–H and O–H groups in total. The molecule has 2 atom stereocenters. The lowest BCUT2D eigenvalue weighted by Gasteiger charge is -2.24. The summed E-state index contributed by atoms with van der Waals surface area (Å²) in [4.78, 5) is 25.5. The van der Waals surface area contributed by atoms with E-state index in [1.807, 2.05) is 4.90 Å². The maximum Gasteiger partial charge on any atom is 0.347 e. The SMILES string of the molecule is C#Cc1c(F)c(F)cc2cc(N)cc(-c3nc(OC)c4c(N5CCCO[C@H]6C[C@H]65)nc(=O)[nH]c4c3F)c12. The number of hydrogen-bond acceptors (Lipinski definition) is 7. The number of methoxy groups -OCH3 is 1. The van der Waals surface area contributed by atoms with Gasteiger partial charge in [0.2, 0.25) is 5.88 Å². The van der Waals surface area contributed by atoms with Gasteiger partial charge in [-0.15, -0.1) is 6.42 Å². The predicted octanol–water partition coefficient (Wildman–Crippen LogP) is 3.50. The quantitative estimate of drug-likeness (QED) is 0.323. The molecule has 0 unspecified atom stereocenters. The molecule has 8 nitrogen and oxygen atoms in total. The molecule has 2 aliphatic rings. The fourth-order valence-corrected chi connectivity index (χ4v) is 5.08. The van der Waals surface area contributed by atoms with Crippen LogP contribution in [0.5, 0.6) is 5.88 Å². The smallest absolute Gasteiger partial charge is 0.347 e. The molecule has 2 fully saturated rings. The first-order valence-electron chi connectivity index (χ1n) is 11.6. The number of nitrogens with zero attached hydrogens (tertiary/aromatic N) is 3. The summed E-state index contributed by atoms with van der Waals surface area (Å²) in [5.41, 5.74) is 4.51. The largest absolute Gasteiger partial charge is 0.480 e. The number of anilines is 2. The van der Waals surface area contributed by atoms with E-state index in [0.29, 0.717) is 19.6 Å². The number of nitrogens with two attached hydrogens (primary N) is 1. The number of halogens is 3. The molecule has 1 saturated carbocycles. The minimum Gasteiger partial charge on any atom is -0.480 e. The first kappa shape index (κ1) is 23.1. The van der Waals surface area contributed by atoms with Gasteiger partial charge in [0.25, 0.3) is 0 Å². The van der Waals surface area contributed by atoms with E-state index in [2.05, 4.69) is 20.9 Å². The Morgan fingerprint density at radius 1 is 1.22 bits per heavy atom. The van der Waals surface area contributed by atoms with E-state index in [9.17, 15) is 13.6 Å². The van der Waals surface area contributed by atoms with Gasteiger partial charge in [-0.05, 0) is 36.4 Å². The second-order valence-electron chi connectivity index (χ2n) is 9.02. The zero-order valence-corrected chi connectivity index (χ0v) is 19.6. The van der Waals surface area contributed by atoms with E-state index in [1.54, 1.807) is 0 Å². The van der Waals surface area contributed by atoms with E-state index in [-0.39, 0.29) is 62.5 Å². The van der Waals surface area contributed by atoms with Crippen molar-refractivity contribution >= 4 is 33.2 Å². The number of aromatic amines is 1. The molecular formula is C26H20F3N5O3. The molecule has 11 heteroatoms. The van der Waals surface area contributed by atoms with Crippen molar-refractivity contribution in [2.24, 2.45) is 0 Å². The third-order valence-electron chi connectivity index (χ3n) is 6.76. The van der Waals surface area contributed by atoms with E-state index in [4.69, 9.17) is 21.6 Å². The number of nitrogens with one attached hydrogen (secondary N) is 1. The Labute approximate surface area is 208 Å². The van der Waals surface area contributed by atoms with Crippen molar-refractivity contribution in [2.45, 2.75) is 25.0 Å². The highest BCUT2D eigenvalue weighted by Crippen LogP contribution is 2.43. The van der Waals surface area contributed by atoms with Gasteiger partial charge < -0.3 is 25.1 Å². The van der Waals surface area contributed by atoms with Crippen LogP contribution >= 0.6 is 0 Å². The van der Waals surface area contributed by atoms with Crippen molar-refractivity contribution in [1.29, 1.82) is 0 Å². The Morgan fingerprint density at radius 3 is 2.78 bits per heavy atom. The summed E-state index contributed by atoms with van der Waals surface area (Å²) in [5.74, 6) is -0.976. The third kappa shape index (κ3) is 3.55. The van der Waals surface area contributed by atoms with Crippen molar-refractivity contribution in [2.75, 3.05) is 30.9 Å². The molecule has 2 aromatic heterocycles. The number of fused-ring (bicyclic) bond motifs is 3. The molecule has 1 saturated heterocycles. The molecule has 2 aromatic carbocycles. The zero-order valence-electron chi connectivity index (χ0n) is 19.6. The van der Waals surface area contributed by atoms with Crippen LogP contribution < -0.4 is 21.1 Å². The van der Waals surface area contributed by atoms with Gasteiger partial charge >= 0.3 is 5.69 Å². The van der Waals surface area contributed by atoms with Crippen LogP contribution in [-0.2, 0) is 4.74 Å². The number of terminal acetylenes is 1. The van der Waals surface area contributed by atoms with Crippen molar-refractivity contribution in [3.63, 3.8) is 0 Å². The van der Waals surface area contributed by atoms with Gasteiger partial charge in [-0.25, -0.2) is 22.9 Å². The monoisotopic (exact) mass is 507 g/mol. The number of pyridine rings is 1. The molecule has 6 rings (SSSR count). The Balaban J connectivity index is 1.68. The summed E-state index contributed by atoms with van der Waals surface area (Å²) in [6.45, 7) is 1.12. The first-order chi connectivity index (χ1) is 17.8. The third-order valence-corrected chi connectivity index (χ3v) is 6.76. The Morgan fingerprint density at radius 2 is 2.03 bits per heavy atom. The molecule has 0 radical (unpaired) electrons. The summed E-state index contributed by atoms with van der Waals surface area (Å²) in [5, 5.41) is 0.388. The topological polar surface area (TPSA) is 106 Å². The van der Waals surface area contributed by atoms with Gasteiger partial charge in [-0.2, -0.15) is 4.98 Å².